The van der Waals surface area contributed by atoms with Crippen LogP contribution in [0.15, 0.2) is 16.8 Å². The fraction of sp³-hybridized carbons (Fsp3) is 0.250. The van der Waals surface area contributed by atoms with Gasteiger partial charge in [0.05, 0.1) is 12.3 Å². The molecule has 2 rings (SSSR count). The third kappa shape index (κ3) is 1.92. The van der Waals surface area contributed by atoms with Crippen LogP contribution >= 0.6 is 35.3 Å². The Labute approximate surface area is 89.9 Å². The molecule has 1 aromatic heterocycles. The Kier molecular flexibility index (Phi) is 2.66. The monoisotopic (exact) mass is 229 g/mol. The molecule has 5 heteroatoms. The largest absolute Gasteiger partial charge is 0.292 e. The predicted molar refractivity (Wildman–Crippen MR) is 59.9 cm³/mol. The molecule has 13 heavy (non-hydrogen) atoms. The fourth-order valence-corrected chi connectivity index (χ4v) is 2.83. The van der Waals surface area contributed by atoms with Gasteiger partial charge < -0.3 is 0 Å². The van der Waals surface area contributed by atoms with Crippen LogP contribution in [0.3, 0.4) is 0 Å². The molecule has 1 fully saturated rings. The molecule has 0 N–H and O–H groups in total. The lowest BCUT2D eigenvalue weighted by Gasteiger charge is -2.13. The number of hydrogen-bond donors (Lipinski definition) is 0. The highest BCUT2D eigenvalue weighted by Crippen LogP contribution is 2.22. The highest BCUT2D eigenvalue weighted by Gasteiger charge is 2.26. The van der Waals surface area contributed by atoms with E-state index in [1.165, 1.54) is 11.8 Å². The van der Waals surface area contributed by atoms with E-state index in [0.29, 0.717) is 16.6 Å². The molecule has 1 saturated heterocycles. The first-order valence-corrected chi connectivity index (χ1v) is 6.09. The summed E-state index contributed by atoms with van der Waals surface area (Å²) in [5.41, 5.74) is 1.16. The average molecular weight is 229 g/mol. The second kappa shape index (κ2) is 3.77. The molecule has 1 aromatic rings. The van der Waals surface area contributed by atoms with E-state index >= 15 is 0 Å². The molecule has 68 valence electrons. The summed E-state index contributed by atoms with van der Waals surface area (Å²) in [4.78, 5) is 13.0. The molecule has 0 radical (unpaired) electrons. The van der Waals surface area contributed by atoms with Crippen LogP contribution in [0.25, 0.3) is 0 Å². The van der Waals surface area contributed by atoms with Gasteiger partial charge in [-0.2, -0.15) is 11.3 Å². The Morgan fingerprint density at radius 2 is 2.46 bits per heavy atom. The zero-order valence-corrected chi connectivity index (χ0v) is 9.18. The summed E-state index contributed by atoms with van der Waals surface area (Å²) >= 11 is 8.15. The standard InChI is InChI=1S/C8H7NOS3/c10-7-5-13-8(11)9(7)3-6-1-2-12-4-6/h1-2,4H,3,5H2. The van der Waals surface area contributed by atoms with Crippen molar-refractivity contribution in [2.75, 3.05) is 5.75 Å². The van der Waals surface area contributed by atoms with Crippen molar-refractivity contribution < 1.29 is 4.79 Å². The molecule has 1 aliphatic heterocycles. The number of amides is 1. The number of rotatable bonds is 2. The molecule has 1 aliphatic rings. The maximum atomic E-state index is 11.3. The molecule has 0 saturated carbocycles. The van der Waals surface area contributed by atoms with Crippen molar-refractivity contribution >= 4 is 45.5 Å². The molecule has 0 bridgehead atoms. The van der Waals surface area contributed by atoms with E-state index in [-0.39, 0.29) is 5.91 Å². The number of thioether (sulfide) groups is 1. The minimum absolute atomic E-state index is 0.126. The summed E-state index contributed by atoms with van der Waals surface area (Å²) in [6.07, 6.45) is 0. The highest BCUT2D eigenvalue weighted by atomic mass is 32.2. The second-order valence-electron chi connectivity index (χ2n) is 2.67. The van der Waals surface area contributed by atoms with Crippen molar-refractivity contribution in [3.8, 4) is 0 Å². The highest BCUT2D eigenvalue weighted by molar-refractivity contribution is 8.23. The van der Waals surface area contributed by atoms with Crippen LogP contribution in [0.5, 0.6) is 0 Å². The topological polar surface area (TPSA) is 20.3 Å². The van der Waals surface area contributed by atoms with E-state index < -0.39 is 0 Å². The second-order valence-corrected chi connectivity index (χ2v) is 5.06. The maximum absolute atomic E-state index is 11.3. The van der Waals surface area contributed by atoms with Crippen LogP contribution in [-0.4, -0.2) is 20.9 Å². The lowest BCUT2D eigenvalue weighted by molar-refractivity contribution is -0.124. The summed E-state index contributed by atoms with van der Waals surface area (Å²) < 4.78 is 0.705. The van der Waals surface area contributed by atoms with Crippen LogP contribution in [-0.2, 0) is 11.3 Å². The van der Waals surface area contributed by atoms with Gasteiger partial charge in [-0.3, -0.25) is 9.69 Å². The summed E-state index contributed by atoms with van der Waals surface area (Å²) in [5, 5.41) is 4.05. The lowest BCUT2D eigenvalue weighted by atomic mass is 10.3. The number of thiophene rings is 1. The Balaban J connectivity index is 2.09. The quantitative estimate of drug-likeness (QED) is 0.724. The van der Waals surface area contributed by atoms with Gasteiger partial charge in [0.15, 0.2) is 0 Å². The summed E-state index contributed by atoms with van der Waals surface area (Å²) in [5.74, 6) is 0.629. The number of thiocarbonyl (C=S) groups is 1. The molecule has 0 atom stereocenters. The first kappa shape index (κ1) is 9.18. The first-order chi connectivity index (χ1) is 6.27. The molecule has 2 heterocycles. The van der Waals surface area contributed by atoms with Crippen LogP contribution in [0.4, 0.5) is 0 Å². The molecule has 0 aromatic carbocycles. The van der Waals surface area contributed by atoms with Crippen LogP contribution in [0, 0.1) is 0 Å². The molecule has 0 spiro atoms. The van der Waals surface area contributed by atoms with Crippen molar-refractivity contribution in [2.45, 2.75) is 6.54 Å². The summed E-state index contributed by atoms with van der Waals surface area (Å²) in [6.45, 7) is 0.633. The Hall–Kier alpha value is -0.390. The van der Waals surface area contributed by atoms with E-state index in [2.05, 4.69) is 0 Å². The maximum Gasteiger partial charge on any atom is 0.238 e. The third-order valence-corrected chi connectivity index (χ3v) is 3.93. The van der Waals surface area contributed by atoms with Crippen molar-refractivity contribution in [3.05, 3.63) is 22.4 Å². The minimum atomic E-state index is 0.126. The van der Waals surface area contributed by atoms with Gasteiger partial charge in [0.25, 0.3) is 0 Å². The van der Waals surface area contributed by atoms with Gasteiger partial charge >= 0.3 is 0 Å². The molecule has 0 aliphatic carbocycles. The van der Waals surface area contributed by atoms with Crippen molar-refractivity contribution in [3.63, 3.8) is 0 Å². The summed E-state index contributed by atoms with van der Waals surface area (Å²) in [6, 6.07) is 2.02. The Bertz CT molecular complexity index is 317. The van der Waals surface area contributed by atoms with Gasteiger partial charge in [0.1, 0.15) is 4.32 Å². The van der Waals surface area contributed by atoms with Gasteiger partial charge in [-0.1, -0.05) is 24.0 Å². The smallest absolute Gasteiger partial charge is 0.238 e. The van der Waals surface area contributed by atoms with Crippen LogP contribution in [0.2, 0.25) is 0 Å². The average Bonchev–Trinajstić information content (AvgIpc) is 2.70. The van der Waals surface area contributed by atoms with Crippen LogP contribution < -0.4 is 0 Å². The number of hydrogen-bond acceptors (Lipinski definition) is 4. The number of carbonyl (C=O) groups excluding carboxylic acids is 1. The molecule has 1 amide bonds. The summed E-state index contributed by atoms with van der Waals surface area (Å²) in [7, 11) is 0. The molecule has 2 nitrogen and oxygen atoms in total. The SMILES string of the molecule is O=C1CSC(=S)N1Cc1ccsc1. The van der Waals surface area contributed by atoms with Gasteiger partial charge in [-0.25, -0.2) is 0 Å². The zero-order valence-electron chi connectivity index (χ0n) is 6.73. The molecule has 0 unspecified atom stereocenters. The van der Waals surface area contributed by atoms with Crippen molar-refractivity contribution in [1.82, 2.24) is 4.90 Å². The molecular formula is C8H7NOS3. The third-order valence-electron chi connectivity index (χ3n) is 1.76. The van der Waals surface area contributed by atoms with E-state index in [4.69, 9.17) is 12.2 Å². The van der Waals surface area contributed by atoms with Gasteiger partial charge in [0, 0.05) is 0 Å². The van der Waals surface area contributed by atoms with E-state index in [1.54, 1.807) is 16.2 Å². The Morgan fingerprint density at radius 1 is 1.62 bits per heavy atom. The van der Waals surface area contributed by atoms with Crippen molar-refractivity contribution in [2.24, 2.45) is 0 Å². The van der Waals surface area contributed by atoms with E-state index in [9.17, 15) is 4.79 Å². The fourth-order valence-electron chi connectivity index (χ4n) is 1.10. The zero-order chi connectivity index (χ0) is 9.26. The lowest BCUT2D eigenvalue weighted by Crippen LogP contribution is -2.27. The predicted octanol–water partition coefficient (Wildman–Crippen LogP) is 2.11. The minimum Gasteiger partial charge on any atom is -0.292 e. The van der Waals surface area contributed by atoms with Crippen LogP contribution in [0.1, 0.15) is 5.56 Å². The Morgan fingerprint density at radius 3 is 3.00 bits per heavy atom. The number of carbonyl (C=O) groups is 1. The van der Waals surface area contributed by atoms with Gasteiger partial charge in [-0.15, -0.1) is 0 Å². The van der Waals surface area contributed by atoms with Gasteiger partial charge in [0.2, 0.25) is 5.91 Å². The molecular weight excluding hydrogens is 222 g/mol. The number of nitrogens with zero attached hydrogens (tertiary/aromatic N) is 1. The van der Waals surface area contributed by atoms with E-state index in [1.807, 2.05) is 16.8 Å². The first-order valence-electron chi connectivity index (χ1n) is 3.75. The van der Waals surface area contributed by atoms with Gasteiger partial charge in [-0.05, 0) is 22.4 Å². The normalized spacial score (nSPS) is 17.1. The van der Waals surface area contributed by atoms with E-state index in [0.717, 1.165) is 5.56 Å². The van der Waals surface area contributed by atoms with Crippen molar-refractivity contribution in [1.29, 1.82) is 0 Å².